The number of aldehydes is 1. The van der Waals surface area contributed by atoms with E-state index in [4.69, 9.17) is 44.0 Å². The molecule has 1 amide bonds. The molecule has 0 spiro atoms. The van der Waals surface area contributed by atoms with Crippen molar-refractivity contribution in [2.75, 3.05) is 11.9 Å². The van der Waals surface area contributed by atoms with E-state index < -0.39 is 18.5 Å². The van der Waals surface area contributed by atoms with Crippen LogP contribution in [0.5, 0.6) is 0 Å². The largest absolute Gasteiger partial charge is 0.453 e. The number of anilines is 1. The fourth-order valence-electron chi connectivity index (χ4n) is 2.39. The summed E-state index contributed by atoms with van der Waals surface area (Å²) in [5.41, 5.74) is 0.981. The summed E-state index contributed by atoms with van der Waals surface area (Å²) < 4.78 is 10.4. The normalized spacial score (nSPS) is 10.4. The van der Waals surface area contributed by atoms with E-state index in [9.17, 15) is 14.4 Å². The molecular formula is C20H12Cl3NO5. The molecule has 1 aromatic heterocycles. The minimum absolute atomic E-state index is 0.0514. The Kier molecular flexibility index (Phi) is 6.59. The Balaban J connectivity index is 1.66. The lowest BCUT2D eigenvalue weighted by Crippen LogP contribution is -2.21. The highest BCUT2D eigenvalue weighted by molar-refractivity contribution is 6.42. The fourth-order valence-corrected chi connectivity index (χ4v) is 2.88. The van der Waals surface area contributed by atoms with Gasteiger partial charge in [0.2, 0.25) is 0 Å². The van der Waals surface area contributed by atoms with E-state index in [1.54, 1.807) is 18.2 Å². The van der Waals surface area contributed by atoms with Gasteiger partial charge in [-0.3, -0.25) is 9.59 Å². The maximum absolute atomic E-state index is 12.4. The topological polar surface area (TPSA) is 85.6 Å². The second-order valence-electron chi connectivity index (χ2n) is 5.77. The highest BCUT2D eigenvalue weighted by Gasteiger charge is 2.16. The first kappa shape index (κ1) is 20.9. The maximum atomic E-state index is 12.4. The molecule has 3 rings (SSSR count). The maximum Gasteiger partial charge on any atom is 0.340 e. The summed E-state index contributed by atoms with van der Waals surface area (Å²) in [4.78, 5) is 35.1. The molecule has 0 aliphatic carbocycles. The predicted molar refractivity (Wildman–Crippen MR) is 110 cm³/mol. The van der Waals surface area contributed by atoms with Crippen molar-refractivity contribution in [3.63, 3.8) is 0 Å². The number of ether oxygens (including phenoxy) is 1. The van der Waals surface area contributed by atoms with Crippen molar-refractivity contribution in [2.45, 2.75) is 0 Å². The SMILES string of the molecule is O=Cc1ccc(-c2ccc(Cl)c(C(=O)OCC(=O)Nc3ccc(Cl)c(Cl)c3)c2)o1. The molecule has 0 fully saturated rings. The Morgan fingerprint density at radius 3 is 2.41 bits per heavy atom. The van der Waals surface area contributed by atoms with Crippen molar-refractivity contribution in [1.29, 1.82) is 0 Å². The first-order chi connectivity index (χ1) is 13.9. The van der Waals surface area contributed by atoms with Gasteiger partial charge in [0, 0.05) is 11.3 Å². The zero-order valence-electron chi connectivity index (χ0n) is 14.6. The average Bonchev–Trinajstić information content (AvgIpc) is 3.18. The number of carbonyl (C=O) groups excluding carboxylic acids is 3. The number of hydrogen-bond donors (Lipinski definition) is 1. The van der Waals surface area contributed by atoms with Gasteiger partial charge in [-0.1, -0.05) is 34.8 Å². The Morgan fingerprint density at radius 2 is 1.72 bits per heavy atom. The summed E-state index contributed by atoms with van der Waals surface area (Å²) in [6.07, 6.45) is 0.571. The van der Waals surface area contributed by atoms with Crippen molar-refractivity contribution in [2.24, 2.45) is 0 Å². The molecule has 0 aliphatic rings. The number of nitrogens with one attached hydrogen (secondary N) is 1. The summed E-state index contributed by atoms with van der Waals surface area (Å²) >= 11 is 17.8. The Bertz CT molecular complexity index is 1090. The minimum atomic E-state index is -0.789. The molecule has 0 saturated heterocycles. The predicted octanol–water partition coefficient (Wildman–Crippen LogP) is 5.51. The monoisotopic (exact) mass is 451 g/mol. The van der Waals surface area contributed by atoms with Crippen LogP contribution < -0.4 is 5.32 Å². The number of furan rings is 1. The number of hydrogen-bond acceptors (Lipinski definition) is 5. The van der Waals surface area contributed by atoms with Crippen LogP contribution in [-0.4, -0.2) is 24.8 Å². The van der Waals surface area contributed by atoms with E-state index in [0.717, 1.165) is 0 Å². The lowest BCUT2D eigenvalue weighted by molar-refractivity contribution is -0.119. The van der Waals surface area contributed by atoms with Gasteiger partial charge in [0.25, 0.3) is 5.91 Å². The van der Waals surface area contributed by atoms with Crippen molar-refractivity contribution < 1.29 is 23.5 Å². The molecule has 1 heterocycles. The molecule has 29 heavy (non-hydrogen) atoms. The second-order valence-corrected chi connectivity index (χ2v) is 6.99. The Hall–Kier alpha value is -2.80. The number of benzene rings is 2. The lowest BCUT2D eigenvalue weighted by Gasteiger charge is -2.09. The third-order valence-electron chi connectivity index (χ3n) is 3.75. The van der Waals surface area contributed by atoms with Crippen molar-refractivity contribution in [3.05, 3.63) is 74.9 Å². The molecule has 0 saturated carbocycles. The van der Waals surface area contributed by atoms with Gasteiger partial charge in [0.15, 0.2) is 18.7 Å². The second kappa shape index (κ2) is 9.13. The summed E-state index contributed by atoms with van der Waals surface area (Å²) in [5.74, 6) is -0.817. The number of rotatable bonds is 6. The van der Waals surface area contributed by atoms with Crippen LogP contribution in [0, 0.1) is 0 Å². The summed E-state index contributed by atoms with van der Waals surface area (Å²) in [7, 11) is 0. The molecule has 0 atom stereocenters. The summed E-state index contributed by atoms with van der Waals surface area (Å²) in [6, 6.07) is 12.2. The third kappa shape index (κ3) is 5.17. The standard InChI is InChI=1S/C20H12Cl3NO5/c21-15-4-1-11(18-6-3-13(9-25)29-18)7-14(15)20(27)28-10-19(26)24-12-2-5-16(22)17(23)8-12/h1-9H,10H2,(H,24,26). The van der Waals surface area contributed by atoms with Crippen LogP contribution in [0.1, 0.15) is 20.9 Å². The highest BCUT2D eigenvalue weighted by Crippen LogP contribution is 2.27. The van der Waals surface area contributed by atoms with Gasteiger partial charge in [0.05, 0.1) is 20.6 Å². The van der Waals surface area contributed by atoms with Crippen LogP contribution in [0.2, 0.25) is 15.1 Å². The van der Waals surface area contributed by atoms with Crippen LogP contribution in [0.15, 0.2) is 52.9 Å². The third-order valence-corrected chi connectivity index (χ3v) is 4.82. The molecule has 148 valence electrons. The highest BCUT2D eigenvalue weighted by atomic mass is 35.5. The Labute approximate surface area is 180 Å². The van der Waals surface area contributed by atoms with Gasteiger partial charge in [-0.05, 0) is 48.5 Å². The molecule has 2 aromatic carbocycles. The lowest BCUT2D eigenvalue weighted by atomic mass is 10.1. The smallest absolute Gasteiger partial charge is 0.340 e. The van der Waals surface area contributed by atoms with Gasteiger partial charge >= 0.3 is 5.97 Å². The van der Waals surface area contributed by atoms with Gasteiger partial charge in [-0.2, -0.15) is 0 Å². The molecule has 0 bridgehead atoms. The number of carbonyl (C=O) groups is 3. The van der Waals surface area contributed by atoms with Crippen LogP contribution in [-0.2, 0) is 9.53 Å². The van der Waals surface area contributed by atoms with Crippen molar-refractivity contribution in [3.8, 4) is 11.3 Å². The number of halogens is 3. The average molecular weight is 453 g/mol. The van der Waals surface area contributed by atoms with Crippen LogP contribution in [0.3, 0.4) is 0 Å². The zero-order chi connectivity index (χ0) is 21.0. The van der Waals surface area contributed by atoms with E-state index in [1.807, 2.05) is 0 Å². The van der Waals surface area contributed by atoms with Gasteiger partial charge in [0.1, 0.15) is 5.76 Å². The molecule has 0 aliphatic heterocycles. The van der Waals surface area contributed by atoms with E-state index in [-0.39, 0.29) is 21.4 Å². The zero-order valence-corrected chi connectivity index (χ0v) is 16.8. The first-order valence-corrected chi connectivity index (χ1v) is 9.27. The molecule has 0 unspecified atom stereocenters. The van der Waals surface area contributed by atoms with Gasteiger partial charge < -0.3 is 14.5 Å². The minimum Gasteiger partial charge on any atom is -0.453 e. The molecule has 9 heteroatoms. The Morgan fingerprint density at radius 1 is 0.966 bits per heavy atom. The van der Waals surface area contributed by atoms with Crippen molar-refractivity contribution in [1.82, 2.24) is 0 Å². The molecule has 6 nitrogen and oxygen atoms in total. The van der Waals surface area contributed by atoms with E-state index >= 15 is 0 Å². The summed E-state index contributed by atoms with van der Waals surface area (Å²) in [5, 5.41) is 3.31. The molecular weight excluding hydrogens is 441 g/mol. The summed E-state index contributed by atoms with van der Waals surface area (Å²) in [6.45, 7) is -0.532. The number of amides is 1. The van der Waals surface area contributed by atoms with E-state index in [1.165, 1.54) is 30.3 Å². The molecule has 3 aromatic rings. The van der Waals surface area contributed by atoms with Gasteiger partial charge in [-0.15, -0.1) is 0 Å². The quantitative estimate of drug-likeness (QED) is 0.393. The van der Waals surface area contributed by atoms with Crippen LogP contribution >= 0.6 is 34.8 Å². The first-order valence-electron chi connectivity index (χ1n) is 8.14. The number of esters is 1. The van der Waals surface area contributed by atoms with Crippen molar-refractivity contribution >= 4 is 58.7 Å². The molecule has 0 radical (unpaired) electrons. The van der Waals surface area contributed by atoms with Gasteiger partial charge in [-0.25, -0.2) is 4.79 Å². The molecule has 1 N–H and O–H groups in total. The fraction of sp³-hybridized carbons (Fsp3) is 0.0500. The van der Waals surface area contributed by atoms with E-state index in [2.05, 4.69) is 5.32 Å². The van der Waals surface area contributed by atoms with Crippen LogP contribution in [0.4, 0.5) is 5.69 Å². The van der Waals surface area contributed by atoms with E-state index in [0.29, 0.717) is 28.3 Å². The van der Waals surface area contributed by atoms with Crippen LogP contribution in [0.25, 0.3) is 11.3 Å².